The predicted octanol–water partition coefficient (Wildman–Crippen LogP) is 3.42. The molecule has 0 fully saturated rings. The molecule has 0 bridgehead atoms. The summed E-state index contributed by atoms with van der Waals surface area (Å²) in [7, 11) is 0. The first-order valence-electron chi connectivity index (χ1n) is 6.59. The highest BCUT2D eigenvalue weighted by Crippen LogP contribution is 2.22. The zero-order valence-corrected chi connectivity index (χ0v) is 12.7. The van der Waals surface area contributed by atoms with Crippen molar-refractivity contribution in [3.05, 3.63) is 40.9 Å². The molecule has 1 heterocycles. The second-order valence-electron chi connectivity index (χ2n) is 4.44. The van der Waals surface area contributed by atoms with Crippen molar-refractivity contribution in [2.75, 3.05) is 5.32 Å². The maximum atomic E-state index is 12.1. The van der Waals surface area contributed by atoms with Crippen LogP contribution in [0.4, 0.5) is 5.13 Å². The van der Waals surface area contributed by atoms with Crippen molar-refractivity contribution in [3.63, 3.8) is 0 Å². The third kappa shape index (κ3) is 3.57. The molecule has 20 heavy (non-hydrogen) atoms. The Morgan fingerprint density at radius 1 is 1.40 bits per heavy atom. The molecule has 0 aliphatic carbocycles. The minimum atomic E-state index is -0.563. The Morgan fingerprint density at radius 2 is 2.10 bits per heavy atom. The van der Waals surface area contributed by atoms with E-state index in [1.165, 1.54) is 11.3 Å². The lowest BCUT2D eigenvalue weighted by molar-refractivity contribution is -0.122. The van der Waals surface area contributed by atoms with Crippen molar-refractivity contribution < 1.29 is 9.53 Å². The lowest BCUT2D eigenvalue weighted by atomic mass is 10.3. The zero-order valence-electron chi connectivity index (χ0n) is 11.8. The van der Waals surface area contributed by atoms with E-state index in [1.54, 1.807) is 6.92 Å². The van der Waals surface area contributed by atoms with Crippen molar-refractivity contribution in [1.82, 2.24) is 4.98 Å². The summed E-state index contributed by atoms with van der Waals surface area (Å²) in [6, 6.07) is 9.30. The molecule has 0 unspecified atom stereocenters. The van der Waals surface area contributed by atoms with Gasteiger partial charge in [-0.2, -0.15) is 0 Å². The summed E-state index contributed by atoms with van der Waals surface area (Å²) in [5.74, 6) is 0.491. The quantitative estimate of drug-likeness (QED) is 0.918. The van der Waals surface area contributed by atoms with Gasteiger partial charge in [0.1, 0.15) is 5.75 Å². The van der Waals surface area contributed by atoms with Crippen molar-refractivity contribution in [2.24, 2.45) is 0 Å². The van der Waals surface area contributed by atoms with Crippen molar-refractivity contribution in [1.29, 1.82) is 0 Å². The van der Waals surface area contributed by atoms with E-state index in [-0.39, 0.29) is 5.91 Å². The van der Waals surface area contributed by atoms with E-state index < -0.39 is 6.10 Å². The molecule has 1 aromatic carbocycles. The largest absolute Gasteiger partial charge is 0.481 e. The van der Waals surface area contributed by atoms with Crippen LogP contribution in [-0.2, 0) is 11.2 Å². The van der Waals surface area contributed by atoms with Gasteiger partial charge in [-0.1, -0.05) is 25.1 Å². The zero-order chi connectivity index (χ0) is 14.5. The molecule has 2 aromatic rings. The monoisotopic (exact) mass is 290 g/mol. The second-order valence-corrected chi connectivity index (χ2v) is 5.64. The fraction of sp³-hybridized carbons (Fsp3) is 0.333. The van der Waals surface area contributed by atoms with Gasteiger partial charge in [-0.05, 0) is 32.4 Å². The van der Waals surface area contributed by atoms with Crippen molar-refractivity contribution in [2.45, 2.75) is 33.3 Å². The van der Waals surface area contributed by atoms with Crippen LogP contribution >= 0.6 is 11.3 Å². The number of hydrogen-bond acceptors (Lipinski definition) is 4. The molecule has 1 aromatic heterocycles. The van der Waals surface area contributed by atoms with E-state index in [0.29, 0.717) is 10.9 Å². The molecule has 106 valence electrons. The number of rotatable bonds is 5. The predicted molar refractivity (Wildman–Crippen MR) is 81.4 cm³/mol. The number of nitrogens with one attached hydrogen (secondary N) is 1. The molecule has 1 atom stereocenters. The first-order chi connectivity index (χ1) is 9.60. The molecule has 5 heteroatoms. The van der Waals surface area contributed by atoms with Gasteiger partial charge in [0.15, 0.2) is 11.2 Å². The Morgan fingerprint density at radius 3 is 2.70 bits per heavy atom. The van der Waals surface area contributed by atoms with E-state index in [1.807, 2.05) is 37.3 Å². The number of ether oxygens (including phenoxy) is 1. The number of benzene rings is 1. The smallest absolute Gasteiger partial charge is 0.266 e. The fourth-order valence-corrected chi connectivity index (χ4v) is 2.68. The van der Waals surface area contributed by atoms with E-state index in [4.69, 9.17) is 4.74 Å². The lowest BCUT2D eigenvalue weighted by Crippen LogP contribution is -2.30. The van der Waals surface area contributed by atoms with Crippen LogP contribution in [0.25, 0.3) is 0 Å². The number of thiazole rings is 1. The molecule has 0 spiro atoms. The maximum Gasteiger partial charge on any atom is 0.266 e. The molecule has 1 amide bonds. The van der Waals surface area contributed by atoms with Gasteiger partial charge in [0.05, 0.1) is 5.69 Å². The number of aromatic nitrogens is 1. The van der Waals surface area contributed by atoms with Crippen LogP contribution in [-0.4, -0.2) is 17.0 Å². The minimum Gasteiger partial charge on any atom is -0.481 e. The molecular weight excluding hydrogens is 272 g/mol. The summed E-state index contributed by atoms with van der Waals surface area (Å²) in [5.41, 5.74) is 1.03. The summed E-state index contributed by atoms with van der Waals surface area (Å²) in [6.45, 7) is 5.79. The van der Waals surface area contributed by atoms with E-state index in [0.717, 1.165) is 17.0 Å². The van der Waals surface area contributed by atoms with Crippen LogP contribution in [0.15, 0.2) is 30.3 Å². The number of para-hydroxylation sites is 1. The Kier molecular flexibility index (Phi) is 4.74. The maximum absolute atomic E-state index is 12.1. The highest BCUT2D eigenvalue weighted by molar-refractivity contribution is 7.15. The Hall–Kier alpha value is -1.88. The van der Waals surface area contributed by atoms with E-state index in [9.17, 15) is 4.79 Å². The Balaban J connectivity index is 1.97. The summed E-state index contributed by atoms with van der Waals surface area (Å²) in [5, 5.41) is 3.43. The molecule has 2 rings (SSSR count). The lowest BCUT2D eigenvalue weighted by Gasteiger charge is -2.13. The summed E-state index contributed by atoms with van der Waals surface area (Å²) < 4.78 is 5.58. The van der Waals surface area contributed by atoms with Gasteiger partial charge in [-0.25, -0.2) is 4.98 Å². The van der Waals surface area contributed by atoms with Gasteiger partial charge < -0.3 is 4.74 Å². The van der Waals surface area contributed by atoms with Gasteiger partial charge >= 0.3 is 0 Å². The molecule has 4 nitrogen and oxygen atoms in total. The first-order valence-corrected chi connectivity index (χ1v) is 7.40. The summed E-state index contributed by atoms with van der Waals surface area (Å²) in [6.07, 6.45) is 0.306. The average Bonchev–Trinajstić information content (AvgIpc) is 2.79. The number of anilines is 1. The molecule has 0 radical (unpaired) electrons. The van der Waals surface area contributed by atoms with Crippen LogP contribution in [0.1, 0.15) is 24.4 Å². The van der Waals surface area contributed by atoms with E-state index >= 15 is 0 Å². The topological polar surface area (TPSA) is 51.2 Å². The van der Waals surface area contributed by atoms with Crippen molar-refractivity contribution in [3.8, 4) is 5.75 Å². The Bertz CT molecular complexity index is 581. The SMILES string of the molecule is CCc1nc(NC(=O)[C@@H](C)Oc2ccccc2)sc1C. The normalized spacial score (nSPS) is 11.9. The standard InChI is InChI=1S/C15H18N2O2S/c1-4-13-11(3)20-15(16-13)17-14(18)10(2)19-12-8-6-5-7-9-12/h5-10H,4H2,1-3H3,(H,16,17,18)/t10-/m1/s1. The fourth-order valence-electron chi connectivity index (χ4n) is 1.77. The summed E-state index contributed by atoms with van der Waals surface area (Å²) in [4.78, 5) is 17.6. The molecule has 0 saturated heterocycles. The number of hydrogen-bond donors (Lipinski definition) is 1. The molecule has 0 aliphatic rings. The summed E-state index contributed by atoms with van der Waals surface area (Å²) >= 11 is 1.49. The number of carbonyl (C=O) groups excluding carboxylic acids is 1. The van der Waals surface area contributed by atoms with Crippen molar-refractivity contribution >= 4 is 22.4 Å². The molecule has 0 aliphatic heterocycles. The first kappa shape index (κ1) is 14.5. The number of nitrogens with zero attached hydrogens (tertiary/aromatic N) is 1. The molecule has 0 saturated carbocycles. The molecule has 1 N–H and O–H groups in total. The molecular formula is C15H18N2O2S. The van der Waals surface area contributed by atoms with Gasteiger partial charge in [0.25, 0.3) is 5.91 Å². The Labute approximate surface area is 122 Å². The van der Waals surface area contributed by atoms with Crippen LogP contribution in [0.2, 0.25) is 0 Å². The van der Waals surface area contributed by atoms with E-state index in [2.05, 4.69) is 17.2 Å². The highest BCUT2D eigenvalue weighted by atomic mass is 32.1. The van der Waals surface area contributed by atoms with Gasteiger partial charge in [0, 0.05) is 4.88 Å². The average molecular weight is 290 g/mol. The minimum absolute atomic E-state index is 0.190. The van der Waals surface area contributed by atoms with Crippen LogP contribution < -0.4 is 10.1 Å². The number of aryl methyl sites for hydroxylation is 2. The number of amides is 1. The van der Waals surface area contributed by atoms with Gasteiger partial charge in [-0.15, -0.1) is 11.3 Å². The van der Waals surface area contributed by atoms with Gasteiger partial charge in [0.2, 0.25) is 0 Å². The third-order valence-corrected chi connectivity index (χ3v) is 3.81. The van der Waals surface area contributed by atoms with Crippen LogP contribution in [0.5, 0.6) is 5.75 Å². The number of carbonyl (C=O) groups is 1. The third-order valence-electron chi connectivity index (χ3n) is 2.88. The van der Waals surface area contributed by atoms with Gasteiger partial charge in [-0.3, -0.25) is 10.1 Å². The highest BCUT2D eigenvalue weighted by Gasteiger charge is 2.17. The second kappa shape index (κ2) is 6.52. The van der Waals surface area contributed by atoms with Crippen LogP contribution in [0, 0.1) is 6.92 Å². The van der Waals surface area contributed by atoms with Crippen LogP contribution in [0.3, 0.4) is 0 Å².